The van der Waals surface area contributed by atoms with Gasteiger partial charge in [-0.2, -0.15) is 0 Å². The Kier molecular flexibility index (Phi) is 6.53. The van der Waals surface area contributed by atoms with E-state index in [1.54, 1.807) is 18.2 Å². The summed E-state index contributed by atoms with van der Waals surface area (Å²) < 4.78 is 11.1. The summed E-state index contributed by atoms with van der Waals surface area (Å²) in [4.78, 5) is 24.6. The van der Waals surface area contributed by atoms with Crippen molar-refractivity contribution >= 4 is 23.2 Å². The van der Waals surface area contributed by atoms with E-state index >= 15 is 0 Å². The molecule has 2 aromatic carbocycles. The molecule has 2 amide bonds. The van der Waals surface area contributed by atoms with Crippen molar-refractivity contribution in [2.24, 2.45) is 5.92 Å². The summed E-state index contributed by atoms with van der Waals surface area (Å²) in [6.45, 7) is 4.85. The lowest BCUT2D eigenvalue weighted by Gasteiger charge is -2.24. The molecule has 0 radical (unpaired) electrons. The van der Waals surface area contributed by atoms with Crippen LogP contribution < -0.4 is 20.1 Å². The van der Waals surface area contributed by atoms with Crippen LogP contribution in [0, 0.1) is 5.92 Å². The average Bonchev–Trinajstić information content (AvgIpc) is 2.68. The maximum Gasteiger partial charge on any atom is 0.227 e. The normalized spacial score (nSPS) is 15.4. The predicted octanol–water partition coefficient (Wildman–Crippen LogP) is 4.01. The van der Waals surface area contributed by atoms with Gasteiger partial charge in [0, 0.05) is 29.8 Å². The molecule has 0 unspecified atom stereocenters. The minimum Gasteiger partial charge on any atom is -0.490 e. The van der Waals surface area contributed by atoms with Crippen molar-refractivity contribution in [3.63, 3.8) is 0 Å². The number of ether oxygens (including phenoxy) is 2. The number of benzene rings is 2. The highest BCUT2D eigenvalue weighted by molar-refractivity contribution is 5.96. The summed E-state index contributed by atoms with van der Waals surface area (Å²) in [5.41, 5.74) is 2.63. The van der Waals surface area contributed by atoms with E-state index in [0.717, 1.165) is 11.3 Å². The molecule has 0 saturated heterocycles. The summed E-state index contributed by atoms with van der Waals surface area (Å²) in [7, 11) is 0. The molecule has 6 heteroatoms. The fourth-order valence-electron chi connectivity index (χ4n) is 3.30. The maximum atomic E-state index is 12.4. The molecule has 3 rings (SSSR count). The van der Waals surface area contributed by atoms with E-state index in [-0.39, 0.29) is 24.2 Å². The molecule has 28 heavy (non-hydrogen) atoms. The molecule has 2 N–H and O–H groups in total. The fourth-order valence-corrected chi connectivity index (χ4v) is 3.30. The van der Waals surface area contributed by atoms with Crippen molar-refractivity contribution in [1.82, 2.24) is 0 Å². The third-order valence-corrected chi connectivity index (χ3v) is 4.66. The highest BCUT2D eigenvalue weighted by Crippen LogP contribution is 2.31. The molecule has 0 bridgehead atoms. The summed E-state index contributed by atoms with van der Waals surface area (Å²) in [5, 5.41) is 5.80. The summed E-state index contributed by atoms with van der Waals surface area (Å²) in [6, 6.07) is 13.1. The van der Waals surface area contributed by atoms with E-state index in [2.05, 4.69) is 10.6 Å². The quantitative estimate of drug-likeness (QED) is 0.723. The SMILES string of the molecule is CCOc1ccc(NC(=O)CC[C@H]2Cc3ccccc3NC2=O)cc1OCC. The van der Waals surface area contributed by atoms with Crippen LogP contribution in [0.5, 0.6) is 11.5 Å². The molecule has 6 nitrogen and oxygen atoms in total. The molecule has 0 spiro atoms. The standard InChI is InChI=1S/C22H26N2O4/c1-3-27-19-11-10-17(14-20(19)28-4-2)23-21(25)12-9-16-13-15-7-5-6-8-18(15)24-22(16)26/h5-8,10-11,14,16H,3-4,9,12-13H2,1-2H3,(H,23,25)(H,24,26)/t16-/m0/s1. The molecule has 0 saturated carbocycles. The topological polar surface area (TPSA) is 76.7 Å². The van der Waals surface area contributed by atoms with Crippen LogP contribution in [0.15, 0.2) is 42.5 Å². The van der Waals surface area contributed by atoms with Crippen molar-refractivity contribution in [1.29, 1.82) is 0 Å². The number of hydrogen-bond donors (Lipinski definition) is 2. The Morgan fingerprint density at radius 2 is 1.86 bits per heavy atom. The van der Waals surface area contributed by atoms with E-state index in [1.807, 2.05) is 38.1 Å². The van der Waals surface area contributed by atoms with Gasteiger partial charge >= 0.3 is 0 Å². The van der Waals surface area contributed by atoms with Gasteiger partial charge in [-0.1, -0.05) is 18.2 Å². The highest BCUT2D eigenvalue weighted by Gasteiger charge is 2.26. The molecule has 1 atom stereocenters. The van der Waals surface area contributed by atoms with Crippen molar-refractivity contribution < 1.29 is 19.1 Å². The van der Waals surface area contributed by atoms with Gasteiger partial charge in [0.05, 0.1) is 13.2 Å². The van der Waals surface area contributed by atoms with E-state index in [1.165, 1.54) is 0 Å². The lowest BCUT2D eigenvalue weighted by Crippen LogP contribution is -2.30. The summed E-state index contributed by atoms with van der Waals surface area (Å²) in [6.07, 6.45) is 1.44. The number of fused-ring (bicyclic) bond motifs is 1. The molecule has 148 valence electrons. The Labute approximate surface area is 165 Å². The Morgan fingerprint density at radius 1 is 1.11 bits per heavy atom. The molecule has 0 aliphatic carbocycles. The molecule has 0 fully saturated rings. The first-order chi connectivity index (χ1) is 13.6. The Bertz CT molecular complexity index is 850. The lowest BCUT2D eigenvalue weighted by atomic mass is 9.89. The van der Waals surface area contributed by atoms with Crippen molar-refractivity contribution in [2.75, 3.05) is 23.8 Å². The van der Waals surface area contributed by atoms with Gasteiger partial charge in [-0.25, -0.2) is 0 Å². The third kappa shape index (κ3) is 4.82. The fraction of sp³-hybridized carbons (Fsp3) is 0.364. The maximum absolute atomic E-state index is 12.4. The molecular weight excluding hydrogens is 356 g/mol. The zero-order chi connectivity index (χ0) is 19.9. The van der Waals surface area contributed by atoms with Crippen molar-refractivity contribution in [3.05, 3.63) is 48.0 Å². The molecule has 1 aliphatic heterocycles. The van der Waals surface area contributed by atoms with Gasteiger partial charge in [0.1, 0.15) is 0 Å². The van der Waals surface area contributed by atoms with Crippen molar-refractivity contribution in [2.45, 2.75) is 33.1 Å². The third-order valence-electron chi connectivity index (χ3n) is 4.66. The van der Waals surface area contributed by atoms with Gasteiger partial charge < -0.3 is 20.1 Å². The molecule has 1 aliphatic rings. The van der Waals surface area contributed by atoms with Crippen LogP contribution in [-0.2, 0) is 16.0 Å². The number of rotatable bonds is 8. The van der Waals surface area contributed by atoms with Crippen LogP contribution >= 0.6 is 0 Å². The van der Waals surface area contributed by atoms with Crippen LogP contribution in [-0.4, -0.2) is 25.0 Å². The minimum atomic E-state index is -0.194. The van der Waals surface area contributed by atoms with E-state index in [0.29, 0.717) is 43.2 Å². The van der Waals surface area contributed by atoms with Crippen LogP contribution in [0.3, 0.4) is 0 Å². The van der Waals surface area contributed by atoms with E-state index in [9.17, 15) is 9.59 Å². The predicted molar refractivity (Wildman–Crippen MR) is 109 cm³/mol. The average molecular weight is 382 g/mol. The second-order valence-electron chi connectivity index (χ2n) is 6.66. The van der Waals surface area contributed by atoms with Gasteiger partial charge in [0.25, 0.3) is 0 Å². The first-order valence-electron chi connectivity index (χ1n) is 9.69. The number of carbonyl (C=O) groups excluding carboxylic acids is 2. The van der Waals surface area contributed by atoms with Crippen LogP contribution in [0.25, 0.3) is 0 Å². The Balaban J connectivity index is 1.57. The first kappa shape index (κ1) is 19.7. The second-order valence-corrected chi connectivity index (χ2v) is 6.66. The minimum absolute atomic E-state index is 0.0220. The monoisotopic (exact) mass is 382 g/mol. The van der Waals surface area contributed by atoms with Crippen LogP contribution in [0.1, 0.15) is 32.3 Å². The van der Waals surface area contributed by atoms with E-state index < -0.39 is 0 Å². The van der Waals surface area contributed by atoms with Gasteiger partial charge in [-0.05, 0) is 50.5 Å². The summed E-state index contributed by atoms with van der Waals surface area (Å²) in [5.74, 6) is 0.912. The van der Waals surface area contributed by atoms with Crippen LogP contribution in [0.2, 0.25) is 0 Å². The number of para-hydroxylation sites is 1. The van der Waals surface area contributed by atoms with Crippen molar-refractivity contribution in [3.8, 4) is 11.5 Å². The van der Waals surface area contributed by atoms with E-state index in [4.69, 9.17) is 9.47 Å². The Morgan fingerprint density at radius 3 is 2.64 bits per heavy atom. The Hall–Kier alpha value is -3.02. The molecule has 1 heterocycles. The van der Waals surface area contributed by atoms with Gasteiger partial charge in [0.15, 0.2) is 11.5 Å². The smallest absolute Gasteiger partial charge is 0.227 e. The largest absolute Gasteiger partial charge is 0.490 e. The molecule has 2 aromatic rings. The first-order valence-corrected chi connectivity index (χ1v) is 9.69. The van der Waals surface area contributed by atoms with Crippen LogP contribution in [0.4, 0.5) is 11.4 Å². The van der Waals surface area contributed by atoms with Gasteiger partial charge in [-0.3, -0.25) is 9.59 Å². The number of hydrogen-bond acceptors (Lipinski definition) is 4. The highest BCUT2D eigenvalue weighted by atomic mass is 16.5. The number of anilines is 2. The molecule has 0 aromatic heterocycles. The van der Waals surface area contributed by atoms with Gasteiger partial charge in [-0.15, -0.1) is 0 Å². The summed E-state index contributed by atoms with van der Waals surface area (Å²) >= 11 is 0. The number of amides is 2. The molecular formula is C22H26N2O4. The number of nitrogens with one attached hydrogen (secondary N) is 2. The number of carbonyl (C=O) groups is 2. The van der Waals surface area contributed by atoms with Gasteiger partial charge in [0.2, 0.25) is 11.8 Å². The zero-order valence-corrected chi connectivity index (χ0v) is 16.3. The lowest BCUT2D eigenvalue weighted by molar-refractivity contribution is -0.121. The zero-order valence-electron chi connectivity index (χ0n) is 16.3. The second kappa shape index (κ2) is 9.26.